The molecule has 1 fully saturated rings. The average Bonchev–Trinajstić information content (AvgIpc) is 2.92. The normalized spacial score (nSPS) is 14.1. The van der Waals surface area contributed by atoms with Gasteiger partial charge in [-0.25, -0.2) is 18.0 Å². The lowest BCUT2D eigenvalue weighted by Gasteiger charge is -2.19. The third kappa shape index (κ3) is 3.57. The minimum atomic E-state index is -0.782. The number of anilines is 2. The van der Waals surface area contributed by atoms with Crippen LogP contribution in [0.5, 0.6) is 0 Å². The fraction of sp³-hybridized carbons (Fsp3) is 0.176. The molecule has 1 aliphatic heterocycles. The molecule has 1 N–H and O–H groups in total. The maximum atomic E-state index is 13.8. The van der Waals surface area contributed by atoms with E-state index in [1.165, 1.54) is 28.0 Å². The van der Waals surface area contributed by atoms with E-state index in [-0.39, 0.29) is 31.0 Å². The lowest BCUT2D eigenvalue weighted by atomic mass is 10.3. The first-order valence-electron chi connectivity index (χ1n) is 7.51. The number of nitrogens with zero attached hydrogens (tertiary/aromatic N) is 2. The largest absolute Gasteiger partial charge is 0.325 e. The van der Waals surface area contributed by atoms with Crippen LogP contribution in [0.15, 0.2) is 42.5 Å². The van der Waals surface area contributed by atoms with Crippen LogP contribution in [0.4, 0.5) is 29.3 Å². The van der Waals surface area contributed by atoms with Gasteiger partial charge in [0.15, 0.2) is 0 Å². The number of hydrogen-bond donors (Lipinski definition) is 1. The molecule has 0 aliphatic carbocycles. The van der Waals surface area contributed by atoms with Gasteiger partial charge in [0.2, 0.25) is 5.91 Å². The Morgan fingerprint density at radius 2 is 1.80 bits per heavy atom. The van der Waals surface area contributed by atoms with Crippen LogP contribution < -0.4 is 10.2 Å². The molecule has 3 amide bonds. The Labute approximate surface area is 141 Å². The van der Waals surface area contributed by atoms with Crippen molar-refractivity contribution in [1.29, 1.82) is 0 Å². The highest BCUT2D eigenvalue weighted by Gasteiger charge is 2.32. The maximum Gasteiger partial charge on any atom is 0.325 e. The van der Waals surface area contributed by atoms with Gasteiger partial charge >= 0.3 is 6.03 Å². The predicted molar refractivity (Wildman–Crippen MR) is 85.7 cm³/mol. The van der Waals surface area contributed by atoms with Crippen molar-refractivity contribution in [3.63, 3.8) is 0 Å². The first-order valence-corrected chi connectivity index (χ1v) is 7.51. The van der Waals surface area contributed by atoms with E-state index in [0.717, 1.165) is 18.2 Å². The van der Waals surface area contributed by atoms with Crippen LogP contribution >= 0.6 is 0 Å². The van der Waals surface area contributed by atoms with Crippen molar-refractivity contribution in [2.24, 2.45) is 0 Å². The van der Waals surface area contributed by atoms with Gasteiger partial charge < -0.3 is 10.2 Å². The van der Waals surface area contributed by atoms with Gasteiger partial charge in [-0.15, -0.1) is 0 Å². The summed E-state index contributed by atoms with van der Waals surface area (Å²) in [6, 6.07) is 7.98. The third-order valence-corrected chi connectivity index (χ3v) is 3.78. The standard InChI is InChI=1S/C17H14F3N3O2/c18-11-5-6-12(19)14(9-11)21-16(24)10-22-7-8-23(17(22)25)15-4-2-1-3-13(15)20/h1-6,9H,7-8,10H2,(H,21,24). The van der Waals surface area contributed by atoms with E-state index < -0.39 is 29.4 Å². The lowest BCUT2D eigenvalue weighted by Crippen LogP contribution is -2.37. The second-order valence-electron chi connectivity index (χ2n) is 5.48. The molecule has 0 atom stereocenters. The number of para-hydroxylation sites is 1. The van der Waals surface area contributed by atoms with E-state index in [4.69, 9.17) is 0 Å². The van der Waals surface area contributed by atoms with E-state index in [2.05, 4.69) is 5.32 Å². The molecule has 1 aliphatic rings. The zero-order valence-electron chi connectivity index (χ0n) is 13.0. The summed E-state index contributed by atoms with van der Waals surface area (Å²) < 4.78 is 40.5. The number of benzene rings is 2. The summed E-state index contributed by atoms with van der Waals surface area (Å²) in [6.07, 6.45) is 0. The molecule has 2 aromatic rings. The first-order chi connectivity index (χ1) is 12.0. The van der Waals surface area contributed by atoms with E-state index in [1.54, 1.807) is 6.07 Å². The Kier molecular flexibility index (Phi) is 4.60. The molecule has 0 radical (unpaired) electrons. The fourth-order valence-electron chi connectivity index (χ4n) is 2.58. The summed E-state index contributed by atoms with van der Waals surface area (Å²) in [5.74, 6) is -2.69. The Morgan fingerprint density at radius 3 is 2.56 bits per heavy atom. The van der Waals surface area contributed by atoms with Gasteiger partial charge in [-0.1, -0.05) is 12.1 Å². The summed E-state index contributed by atoms with van der Waals surface area (Å²) >= 11 is 0. The van der Waals surface area contributed by atoms with Gasteiger partial charge in [-0.3, -0.25) is 9.69 Å². The molecule has 1 saturated heterocycles. The molecule has 0 unspecified atom stereocenters. The average molecular weight is 349 g/mol. The van der Waals surface area contributed by atoms with Crippen LogP contribution in [-0.2, 0) is 4.79 Å². The zero-order chi connectivity index (χ0) is 18.0. The SMILES string of the molecule is O=C(CN1CCN(c2ccccc2F)C1=O)Nc1cc(F)ccc1F. The molecule has 130 valence electrons. The minimum Gasteiger partial charge on any atom is -0.322 e. The quantitative estimate of drug-likeness (QED) is 0.923. The van der Waals surface area contributed by atoms with Crippen molar-refractivity contribution < 1.29 is 22.8 Å². The van der Waals surface area contributed by atoms with E-state index in [1.807, 2.05) is 0 Å². The summed E-state index contributed by atoms with van der Waals surface area (Å²) in [4.78, 5) is 26.8. The molecule has 8 heteroatoms. The Morgan fingerprint density at radius 1 is 1.04 bits per heavy atom. The van der Waals surface area contributed by atoms with Crippen molar-refractivity contribution in [2.75, 3.05) is 29.9 Å². The Hall–Kier alpha value is -3.03. The highest BCUT2D eigenvalue weighted by molar-refractivity contribution is 5.99. The molecular formula is C17H14F3N3O2. The fourth-order valence-corrected chi connectivity index (χ4v) is 2.58. The number of halogens is 3. The van der Waals surface area contributed by atoms with Crippen LogP contribution in [0.3, 0.4) is 0 Å². The van der Waals surface area contributed by atoms with Crippen molar-refractivity contribution in [3.05, 3.63) is 59.9 Å². The van der Waals surface area contributed by atoms with Gasteiger partial charge in [-0.05, 0) is 24.3 Å². The molecule has 0 spiro atoms. The number of amides is 3. The maximum absolute atomic E-state index is 13.8. The number of hydrogen-bond acceptors (Lipinski definition) is 2. The summed E-state index contributed by atoms with van der Waals surface area (Å²) in [5, 5.41) is 2.22. The predicted octanol–water partition coefficient (Wildman–Crippen LogP) is 2.98. The minimum absolute atomic E-state index is 0.131. The van der Waals surface area contributed by atoms with Gasteiger partial charge in [0.1, 0.15) is 24.0 Å². The summed E-state index contributed by atoms with van der Waals surface area (Å²) in [5.41, 5.74) is -0.172. The van der Waals surface area contributed by atoms with Gasteiger partial charge in [0.05, 0.1) is 11.4 Å². The van der Waals surface area contributed by atoms with Gasteiger partial charge in [0.25, 0.3) is 0 Å². The van der Waals surface area contributed by atoms with Crippen molar-refractivity contribution in [2.45, 2.75) is 0 Å². The Balaban J connectivity index is 1.66. The van der Waals surface area contributed by atoms with E-state index >= 15 is 0 Å². The van der Waals surface area contributed by atoms with Crippen molar-refractivity contribution in [1.82, 2.24) is 4.90 Å². The second-order valence-corrected chi connectivity index (χ2v) is 5.48. The molecular weight excluding hydrogens is 335 g/mol. The van der Waals surface area contributed by atoms with Gasteiger partial charge in [0, 0.05) is 19.2 Å². The number of rotatable bonds is 4. The number of carbonyl (C=O) groups excluding carboxylic acids is 2. The topological polar surface area (TPSA) is 52.7 Å². The zero-order valence-corrected chi connectivity index (χ0v) is 13.0. The van der Waals surface area contributed by atoms with E-state index in [9.17, 15) is 22.8 Å². The second kappa shape index (κ2) is 6.84. The molecule has 3 rings (SSSR count). The van der Waals surface area contributed by atoms with Crippen LogP contribution in [0.1, 0.15) is 0 Å². The van der Waals surface area contributed by atoms with Crippen LogP contribution in [-0.4, -0.2) is 36.5 Å². The molecule has 1 heterocycles. The highest BCUT2D eigenvalue weighted by Crippen LogP contribution is 2.23. The number of nitrogens with one attached hydrogen (secondary N) is 1. The van der Waals surface area contributed by atoms with Crippen molar-refractivity contribution in [3.8, 4) is 0 Å². The van der Waals surface area contributed by atoms with Crippen molar-refractivity contribution >= 4 is 23.3 Å². The highest BCUT2D eigenvalue weighted by atomic mass is 19.1. The summed E-state index contributed by atoms with van der Waals surface area (Å²) in [6.45, 7) is 0.0906. The first kappa shape index (κ1) is 16.8. The number of carbonyl (C=O) groups is 2. The summed E-state index contributed by atoms with van der Waals surface area (Å²) in [7, 11) is 0. The third-order valence-electron chi connectivity index (χ3n) is 3.78. The van der Waals surface area contributed by atoms with Crippen LogP contribution in [0.2, 0.25) is 0 Å². The lowest BCUT2D eigenvalue weighted by molar-refractivity contribution is -0.116. The Bertz CT molecular complexity index is 829. The molecule has 2 aromatic carbocycles. The monoisotopic (exact) mass is 349 g/mol. The molecule has 25 heavy (non-hydrogen) atoms. The molecule has 5 nitrogen and oxygen atoms in total. The number of urea groups is 1. The smallest absolute Gasteiger partial charge is 0.322 e. The van der Waals surface area contributed by atoms with E-state index in [0.29, 0.717) is 0 Å². The molecule has 0 saturated carbocycles. The van der Waals surface area contributed by atoms with Gasteiger partial charge in [-0.2, -0.15) is 0 Å². The van der Waals surface area contributed by atoms with Crippen LogP contribution in [0, 0.1) is 17.5 Å². The molecule has 0 bridgehead atoms. The molecule has 0 aromatic heterocycles. The van der Waals surface area contributed by atoms with Crippen LogP contribution in [0.25, 0.3) is 0 Å².